The van der Waals surface area contributed by atoms with E-state index in [1.54, 1.807) is 42.3 Å². The Morgan fingerprint density at radius 1 is 1.00 bits per heavy atom. The zero-order valence-corrected chi connectivity index (χ0v) is 16.7. The van der Waals surface area contributed by atoms with Crippen LogP contribution in [0.15, 0.2) is 47.4 Å². The van der Waals surface area contributed by atoms with Crippen LogP contribution in [0.1, 0.15) is 6.42 Å². The molecule has 150 valence electrons. The lowest BCUT2D eigenvalue weighted by atomic mass is 10.3. The van der Waals surface area contributed by atoms with Gasteiger partial charge < -0.3 is 19.1 Å². The highest BCUT2D eigenvalue weighted by Gasteiger charge is 2.34. The van der Waals surface area contributed by atoms with Crippen molar-refractivity contribution in [1.82, 2.24) is 4.72 Å². The highest BCUT2D eigenvalue weighted by molar-refractivity contribution is 7.89. The number of nitrogens with one attached hydrogen (secondary N) is 1. The number of amides is 1. The van der Waals surface area contributed by atoms with Crippen LogP contribution in [0.3, 0.4) is 0 Å². The number of carbonyl (C=O) groups is 1. The van der Waals surface area contributed by atoms with E-state index in [1.807, 2.05) is 0 Å². The van der Waals surface area contributed by atoms with Gasteiger partial charge in [0.1, 0.15) is 22.1 Å². The molecule has 2 aromatic carbocycles. The summed E-state index contributed by atoms with van der Waals surface area (Å²) in [5, 5.41) is 0. The van der Waals surface area contributed by atoms with Crippen molar-refractivity contribution in [2.45, 2.75) is 17.4 Å². The summed E-state index contributed by atoms with van der Waals surface area (Å²) in [4.78, 5) is 13.9. The van der Waals surface area contributed by atoms with E-state index in [0.29, 0.717) is 17.2 Å². The third-order valence-corrected chi connectivity index (χ3v) is 6.01. The van der Waals surface area contributed by atoms with Crippen LogP contribution in [0, 0.1) is 0 Å². The van der Waals surface area contributed by atoms with Gasteiger partial charge in [-0.05, 0) is 24.3 Å². The molecule has 9 heteroatoms. The average Bonchev–Trinajstić information content (AvgIpc) is 3.06. The zero-order valence-electron chi connectivity index (χ0n) is 15.8. The molecule has 0 unspecified atom stereocenters. The van der Waals surface area contributed by atoms with Gasteiger partial charge in [0.2, 0.25) is 15.9 Å². The Morgan fingerprint density at radius 2 is 1.71 bits per heavy atom. The maximum atomic E-state index is 12.9. The van der Waals surface area contributed by atoms with Crippen molar-refractivity contribution in [1.29, 1.82) is 0 Å². The van der Waals surface area contributed by atoms with E-state index in [-0.39, 0.29) is 29.5 Å². The lowest BCUT2D eigenvalue weighted by molar-refractivity contribution is -0.117. The van der Waals surface area contributed by atoms with Crippen LogP contribution < -0.4 is 23.8 Å². The standard InChI is InChI=1S/C19H22N2O6S/c1-25-15-6-4-5-14(10-15)21-12-13(9-19(21)22)20-28(23,24)18-11-16(26-2)7-8-17(18)27-3/h4-8,10-11,13,20H,9,12H2,1-3H3/t13-/m1/s1. The third-order valence-electron chi connectivity index (χ3n) is 4.47. The van der Waals surface area contributed by atoms with Crippen molar-refractivity contribution >= 4 is 21.6 Å². The van der Waals surface area contributed by atoms with Crippen molar-refractivity contribution in [2.75, 3.05) is 32.8 Å². The van der Waals surface area contributed by atoms with E-state index in [2.05, 4.69) is 4.72 Å². The quantitative estimate of drug-likeness (QED) is 0.754. The zero-order chi connectivity index (χ0) is 20.3. The van der Waals surface area contributed by atoms with Gasteiger partial charge in [-0.15, -0.1) is 0 Å². The number of anilines is 1. The van der Waals surface area contributed by atoms with Gasteiger partial charge in [0.05, 0.1) is 21.3 Å². The molecule has 1 aliphatic heterocycles. The SMILES string of the molecule is COc1cccc(N2C[C@H](NS(=O)(=O)c3cc(OC)ccc3OC)CC2=O)c1. The first kappa shape index (κ1) is 20.0. The fraction of sp³-hybridized carbons (Fsp3) is 0.316. The largest absolute Gasteiger partial charge is 0.497 e. The van der Waals surface area contributed by atoms with Crippen molar-refractivity contribution in [3.63, 3.8) is 0 Å². The number of rotatable bonds is 7. The van der Waals surface area contributed by atoms with Crippen molar-refractivity contribution in [2.24, 2.45) is 0 Å². The van der Waals surface area contributed by atoms with Gasteiger partial charge in [-0.2, -0.15) is 0 Å². The molecule has 1 atom stereocenters. The minimum atomic E-state index is -3.92. The highest BCUT2D eigenvalue weighted by atomic mass is 32.2. The molecular formula is C19H22N2O6S. The molecule has 1 N–H and O–H groups in total. The smallest absolute Gasteiger partial charge is 0.244 e. The molecule has 28 heavy (non-hydrogen) atoms. The lowest BCUT2D eigenvalue weighted by Gasteiger charge is -2.18. The number of hydrogen-bond donors (Lipinski definition) is 1. The second-order valence-corrected chi connectivity index (χ2v) is 7.93. The normalized spacial score (nSPS) is 16.9. The van der Waals surface area contributed by atoms with Crippen molar-refractivity contribution in [3.05, 3.63) is 42.5 Å². The van der Waals surface area contributed by atoms with E-state index in [9.17, 15) is 13.2 Å². The molecule has 1 amide bonds. The molecule has 1 heterocycles. The van der Waals surface area contributed by atoms with E-state index in [1.165, 1.54) is 26.4 Å². The molecule has 0 aromatic heterocycles. The van der Waals surface area contributed by atoms with E-state index in [4.69, 9.17) is 14.2 Å². The number of methoxy groups -OCH3 is 3. The van der Waals surface area contributed by atoms with E-state index in [0.717, 1.165) is 0 Å². The van der Waals surface area contributed by atoms with Gasteiger partial charge in [0, 0.05) is 36.8 Å². The number of carbonyl (C=O) groups excluding carboxylic acids is 1. The topological polar surface area (TPSA) is 94.2 Å². The van der Waals surface area contributed by atoms with Crippen LogP contribution in [-0.2, 0) is 14.8 Å². The Kier molecular flexibility index (Phi) is 5.76. The molecule has 0 spiro atoms. The predicted octanol–water partition coefficient (Wildman–Crippen LogP) is 1.80. The number of sulfonamides is 1. The Balaban J connectivity index is 1.81. The first-order valence-electron chi connectivity index (χ1n) is 8.56. The van der Waals surface area contributed by atoms with Gasteiger partial charge in [-0.25, -0.2) is 13.1 Å². The van der Waals surface area contributed by atoms with Crippen LogP contribution in [0.25, 0.3) is 0 Å². The van der Waals surface area contributed by atoms with Gasteiger partial charge in [-0.1, -0.05) is 6.07 Å². The molecule has 0 aliphatic carbocycles. The second-order valence-electron chi connectivity index (χ2n) is 6.24. The number of ether oxygens (including phenoxy) is 3. The second kappa shape index (κ2) is 8.07. The summed E-state index contributed by atoms with van der Waals surface area (Å²) in [7, 11) is 0.470. The minimum Gasteiger partial charge on any atom is -0.497 e. The van der Waals surface area contributed by atoms with E-state index < -0.39 is 16.1 Å². The molecule has 2 aromatic rings. The lowest BCUT2D eigenvalue weighted by Crippen LogP contribution is -2.37. The van der Waals surface area contributed by atoms with Gasteiger partial charge >= 0.3 is 0 Å². The monoisotopic (exact) mass is 406 g/mol. The highest BCUT2D eigenvalue weighted by Crippen LogP contribution is 2.30. The molecule has 3 rings (SSSR count). The van der Waals surface area contributed by atoms with Crippen LogP contribution in [0.5, 0.6) is 17.2 Å². The molecule has 1 fully saturated rings. The van der Waals surface area contributed by atoms with Crippen molar-refractivity contribution in [3.8, 4) is 17.2 Å². The van der Waals surface area contributed by atoms with Gasteiger partial charge in [0.15, 0.2) is 0 Å². The Hall–Kier alpha value is -2.78. The van der Waals surface area contributed by atoms with Crippen LogP contribution >= 0.6 is 0 Å². The minimum absolute atomic E-state index is 0.0402. The Bertz CT molecular complexity index is 976. The number of nitrogens with zero attached hydrogens (tertiary/aromatic N) is 1. The summed E-state index contributed by atoms with van der Waals surface area (Å²) in [5.74, 6) is 1.04. The third kappa shape index (κ3) is 4.05. The average molecular weight is 406 g/mol. The Morgan fingerprint density at radius 3 is 2.39 bits per heavy atom. The summed E-state index contributed by atoms with van der Waals surface area (Å²) < 4.78 is 43.8. The number of benzene rings is 2. The summed E-state index contributed by atoms with van der Waals surface area (Å²) in [6, 6.07) is 11.0. The maximum Gasteiger partial charge on any atom is 0.244 e. The summed E-state index contributed by atoms with van der Waals surface area (Å²) in [6.45, 7) is 0.220. The van der Waals surface area contributed by atoms with Gasteiger partial charge in [0.25, 0.3) is 0 Å². The fourth-order valence-electron chi connectivity index (χ4n) is 3.09. The molecule has 1 saturated heterocycles. The molecule has 0 radical (unpaired) electrons. The first-order chi connectivity index (χ1) is 13.4. The summed E-state index contributed by atoms with van der Waals surface area (Å²) in [5.41, 5.74) is 0.657. The molecule has 8 nitrogen and oxygen atoms in total. The maximum absolute atomic E-state index is 12.9. The first-order valence-corrected chi connectivity index (χ1v) is 10.0. The molecule has 0 saturated carbocycles. The van der Waals surface area contributed by atoms with Crippen LogP contribution in [0.4, 0.5) is 5.69 Å². The molecule has 1 aliphatic rings. The van der Waals surface area contributed by atoms with Gasteiger partial charge in [-0.3, -0.25) is 4.79 Å². The van der Waals surface area contributed by atoms with E-state index >= 15 is 0 Å². The Labute approximate surface area is 164 Å². The van der Waals surface area contributed by atoms with Crippen LogP contribution in [-0.4, -0.2) is 48.2 Å². The molecular weight excluding hydrogens is 384 g/mol. The fourth-order valence-corrected chi connectivity index (χ4v) is 4.50. The predicted molar refractivity (Wildman–Crippen MR) is 104 cm³/mol. The summed E-state index contributed by atoms with van der Waals surface area (Å²) >= 11 is 0. The van der Waals surface area contributed by atoms with Crippen LogP contribution in [0.2, 0.25) is 0 Å². The molecule has 0 bridgehead atoms. The number of hydrogen-bond acceptors (Lipinski definition) is 6. The summed E-state index contributed by atoms with van der Waals surface area (Å²) in [6.07, 6.45) is 0.0583. The van der Waals surface area contributed by atoms with Crippen molar-refractivity contribution < 1.29 is 27.4 Å².